The molecule has 0 aromatic rings. The number of nitrogens with one attached hydrogen (secondary N) is 2. The minimum absolute atomic E-state index is 0.132. The Morgan fingerprint density at radius 2 is 1.44 bits per heavy atom. The van der Waals surface area contributed by atoms with Crippen molar-refractivity contribution < 1.29 is 8.42 Å². The van der Waals surface area contributed by atoms with Gasteiger partial charge in [0.1, 0.15) is 0 Å². The molecule has 0 bridgehead atoms. The Morgan fingerprint density at radius 3 is 1.81 bits per heavy atom. The second-order valence-corrected chi connectivity index (χ2v) is 7.61. The van der Waals surface area contributed by atoms with Crippen molar-refractivity contribution in [1.82, 2.24) is 10.0 Å². The average Bonchev–Trinajstić information content (AvgIpc) is 2.03. The van der Waals surface area contributed by atoms with E-state index >= 15 is 0 Å². The Balaban J connectivity index is 2.34. The first kappa shape index (κ1) is 13.9. The predicted octanol–water partition coefficient (Wildman–Crippen LogP) is 1.23. The van der Waals surface area contributed by atoms with Gasteiger partial charge in [0.15, 0.2) is 0 Å². The number of hydrogen-bond acceptors (Lipinski definition) is 3. The quantitative estimate of drug-likeness (QED) is 0.790. The van der Waals surface area contributed by atoms with E-state index in [1.807, 2.05) is 0 Å². The van der Waals surface area contributed by atoms with Crippen molar-refractivity contribution in [2.24, 2.45) is 0 Å². The second kappa shape index (κ2) is 5.02. The Labute approximate surface area is 99.2 Å². The van der Waals surface area contributed by atoms with E-state index in [0.717, 1.165) is 25.7 Å². The summed E-state index contributed by atoms with van der Waals surface area (Å²) < 4.78 is 24.9. The normalized spacial score (nSPS) is 28.0. The lowest BCUT2D eigenvalue weighted by molar-refractivity contribution is 0.274. The SMILES string of the molecule is CC(C)(C)N[C@H]1CC[C@H](NS(C)(=O)=O)CC1. The third-order valence-corrected chi connectivity index (χ3v) is 3.51. The van der Waals surface area contributed by atoms with Gasteiger partial charge in [-0.25, -0.2) is 13.1 Å². The molecule has 96 valence electrons. The lowest BCUT2D eigenvalue weighted by Gasteiger charge is -2.34. The Bertz CT molecular complexity index is 311. The molecule has 2 N–H and O–H groups in total. The fourth-order valence-electron chi connectivity index (χ4n) is 2.27. The van der Waals surface area contributed by atoms with Crippen LogP contribution in [0.3, 0.4) is 0 Å². The lowest BCUT2D eigenvalue weighted by Crippen LogP contribution is -2.47. The second-order valence-electron chi connectivity index (χ2n) is 5.83. The van der Waals surface area contributed by atoms with Crippen LogP contribution in [0.4, 0.5) is 0 Å². The summed E-state index contributed by atoms with van der Waals surface area (Å²) in [7, 11) is -3.05. The van der Waals surface area contributed by atoms with Crippen LogP contribution in [0.2, 0.25) is 0 Å². The van der Waals surface area contributed by atoms with Crippen LogP contribution in [0.5, 0.6) is 0 Å². The van der Waals surface area contributed by atoms with Crippen LogP contribution in [0.25, 0.3) is 0 Å². The highest BCUT2D eigenvalue weighted by atomic mass is 32.2. The van der Waals surface area contributed by atoms with E-state index in [1.165, 1.54) is 6.26 Å². The molecule has 0 heterocycles. The molecule has 0 radical (unpaired) electrons. The molecular formula is C11H24N2O2S. The van der Waals surface area contributed by atoms with Crippen molar-refractivity contribution in [2.45, 2.75) is 64.1 Å². The molecule has 0 amide bonds. The van der Waals surface area contributed by atoms with Crippen LogP contribution in [0, 0.1) is 0 Å². The molecule has 0 aliphatic heterocycles. The highest BCUT2D eigenvalue weighted by Gasteiger charge is 2.25. The van der Waals surface area contributed by atoms with Crippen molar-refractivity contribution in [3.05, 3.63) is 0 Å². The molecule has 1 aliphatic carbocycles. The fourth-order valence-corrected chi connectivity index (χ4v) is 3.11. The van der Waals surface area contributed by atoms with E-state index in [-0.39, 0.29) is 11.6 Å². The van der Waals surface area contributed by atoms with E-state index < -0.39 is 10.0 Å². The van der Waals surface area contributed by atoms with Gasteiger partial charge in [-0.1, -0.05) is 0 Å². The first-order chi connectivity index (χ1) is 7.16. The van der Waals surface area contributed by atoms with Crippen molar-refractivity contribution in [3.8, 4) is 0 Å². The van der Waals surface area contributed by atoms with E-state index in [0.29, 0.717) is 6.04 Å². The predicted molar refractivity (Wildman–Crippen MR) is 66.9 cm³/mol. The zero-order valence-electron chi connectivity index (χ0n) is 10.7. The summed E-state index contributed by atoms with van der Waals surface area (Å²) >= 11 is 0. The van der Waals surface area contributed by atoms with Crippen LogP contribution < -0.4 is 10.0 Å². The molecular weight excluding hydrogens is 224 g/mol. The summed E-state index contributed by atoms with van der Waals surface area (Å²) in [6.07, 6.45) is 5.18. The summed E-state index contributed by atoms with van der Waals surface area (Å²) in [5.74, 6) is 0. The van der Waals surface area contributed by atoms with Crippen LogP contribution in [-0.2, 0) is 10.0 Å². The molecule has 4 nitrogen and oxygen atoms in total. The van der Waals surface area contributed by atoms with Crippen molar-refractivity contribution in [1.29, 1.82) is 0 Å². The molecule has 1 fully saturated rings. The van der Waals surface area contributed by atoms with Crippen molar-refractivity contribution in [2.75, 3.05) is 6.26 Å². The lowest BCUT2D eigenvalue weighted by atomic mass is 9.90. The van der Waals surface area contributed by atoms with Gasteiger partial charge in [0.05, 0.1) is 6.26 Å². The average molecular weight is 248 g/mol. The largest absolute Gasteiger partial charge is 0.309 e. The van der Waals surface area contributed by atoms with E-state index in [1.54, 1.807) is 0 Å². The van der Waals surface area contributed by atoms with Gasteiger partial charge in [-0.05, 0) is 46.5 Å². The molecule has 1 aliphatic rings. The van der Waals surface area contributed by atoms with Gasteiger partial charge in [-0.2, -0.15) is 0 Å². The minimum atomic E-state index is -3.05. The van der Waals surface area contributed by atoms with Crippen molar-refractivity contribution >= 4 is 10.0 Å². The summed E-state index contributed by atoms with van der Waals surface area (Å²) in [5.41, 5.74) is 0.141. The first-order valence-electron chi connectivity index (χ1n) is 5.91. The maximum absolute atomic E-state index is 11.1. The van der Waals surface area contributed by atoms with Crippen LogP contribution in [0.15, 0.2) is 0 Å². The highest BCUT2D eigenvalue weighted by molar-refractivity contribution is 7.88. The summed E-state index contributed by atoms with van der Waals surface area (Å²) in [6.45, 7) is 6.48. The monoisotopic (exact) mass is 248 g/mol. The van der Waals surface area contributed by atoms with E-state index in [9.17, 15) is 8.42 Å². The Kier molecular flexibility index (Phi) is 4.37. The van der Waals surface area contributed by atoms with Gasteiger partial charge in [0, 0.05) is 17.6 Å². The zero-order chi connectivity index (χ0) is 12.4. The zero-order valence-corrected chi connectivity index (χ0v) is 11.5. The number of hydrogen-bond donors (Lipinski definition) is 2. The molecule has 1 rings (SSSR count). The van der Waals surface area contributed by atoms with E-state index in [4.69, 9.17) is 0 Å². The van der Waals surface area contributed by atoms with Gasteiger partial charge < -0.3 is 5.32 Å². The van der Waals surface area contributed by atoms with Gasteiger partial charge in [-0.3, -0.25) is 0 Å². The first-order valence-corrected chi connectivity index (χ1v) is 7.80. The van der Waals surface area contributed by atoms with Crippen LogP contribution in [-0.4, -0.2) is 32.3 Å². The Morgan fingerprint density at radius 1 is 1.00 bits per heavy atom. The van der Waals surface area contributed by atoms with Gasteiger partial charge >= 0.3 is 0 Å². The maximum atomic E-state index is 11.1. The third-order valence-electron chi connectivity index (χ3n) is 2.75. The third kappa shape index (κ3) is 5.82. The molecule has 0 aromatic heterocycles. The molecule has 0 aromatic carbocycles. The van der Waals surface area contributed by atoms with Gasteiger partial charge in [0.2, 0.25) is 10.0 Å². The Hall–Kier alpha value is -0.130. The minimum Gasteiger partial charge on any atom is -0.309 e. The van der Waals surface area contributed by atoms with E-state index in [2.05, 4.69) is 30.8 Å². The molecule has 0 spiro atoms. The molecule has 5 heteroatoms. The molecule has 16 heavy (non-hydrogen) atoms. The van der Waals surface area contributed by atoms with Gasteiger partial charge in [0.25, 0.3) is 0 Å². The molecule has 0 unspecified atom stereocenters. The number of sulfonamides is 1. The molecule has 0 saturated heterocycles. The maximum Gasteiger partial charge on any atom is 0.208 e. The summed E-state index contributed by atoms with van der Waals surface area (Å²) in [5, 5.41) is 3.56. The van der Waals surface area contributed by atoms with Crippen LogP contribution >= 0.6 is 0 Å². The summed E-state index contributed by atoms with van der Waals surface area (Å²) in [4.78, 5) is 0. The topological polar surface area (TPSA) is 58.2 Å². The molecule has 0 atom stereocenters. The van der Waals surface area contributed by atoms with Crippen molar-refractivity contribution in [3.63, 3.8) is 0 Å². The smallest absolute Gasteiger partial charge is 0.208 e. The summed E-state index contributed by atoms with van der Waals surface area (Å²) in [6, 6.07) is 0.658. The van der Waals surface area contributed by atoms with Crippen LogP contribution in [0.1, 0.15) is 46.5 Å². The number of rotatable bonds is 3. The van der Waals surface area contributed by atoms with Gasteiger partial charge in [-0.15, -0.1) is 0 Å². The fraction of sp³-hybridized carbons (Fsp3) is 1.00. The standard InChI is InChI=1S/C11H24N2O2S/c1-11(2,3)12-9-5-7-10(8-6-9)13-16(4,14)15/h9-10,12-13H,5-8H2,1-4H3/t9-,10-. The molecule has 1 saturated carbocycles. The highest BCUT2D eigenvalue weighted by Crippen LogP contribution is 2.21.